The highest BCUT2D eigenvalue weighted by molar-refractivity contribution is 6.04. The van der Waals surface area contributed by atoms with E-state index >= 15 is 0 Å². The first-order valence-electron chi connectivity index (χ1n) is 5.85. The zero-order chi connectivity index (χ0) is 13.3. The second-order valence-electron chi connectivity index (χ2n) is 4.91. The van der Waals surface area contributed by atoms with Crippen molar-refractivity contribution in [2.75, 3.05) is 6.54 Å². The van der Waals surface area contributed by atoms with E-state index in [1.165, 1.54) is 0 Å². The molecule has 0 unspecified atom stereocenters. The van der Waals surface area contributed by atoms with Gasteiger partial charge in [-0.15, -0.1) is 0 Å². The van der Waals surface area contributed by atoms with Crippen LogP contribution in [0.3, 0.4) is 0 Å². The predicted molar refractivity (Wildman–Crippen MR) is 69.2 cm³/mol. The van der Waals surface area contributed by atoms with Crippen LogP contribution in [0.1, 0.15) is 19.4 Å². The molecule has 5 heteroatoms. The number of benzene rings is 1. The van der Waals surface area contributed by atoms with Crippen LogP contribution in [0.4, 0.5) is 0 Å². The summed E-state index contributed by atoms with van der Waals surface area (Å²) < 4.78 is 0. The van der Waals surface area contributed by atoms with Crippen LogP contribution in [0.2, 0.25) is 0 Å². The Kier molecular flexibility index (Phi) is 2.98. The first kappa shape index (κ1) is 12.4. The molecule has 5 nitrogen and oxygen atoms in total. The zero-order valence-corrected chi connectivity index (χ0v) is 10.6. The number of hydrogen-bond acceptors (Lipinski definition) is 4. The minimum absolute atomic E-state index is 0.212. The van der Waals surface area contributed by atoms with E-state index in [1.54, 1.807) is 36.9 Å². The number of nitrogens with zero attached hydrogens (tertiary/aromatic N) is 2. The number of hydrogen-bond donors (Lipinski definition) is 2. The number of nitrogens with two attached hydrogens (primary N) is 1. The van der Waals surface area contributed by atoms with Gasteiger partial charge in [-0.1, -0.05) is 12.1 Å². The van der Waals surface area contributed by atoms with Gasteiger partial charge in [-0.2, -0.15) is 4.99 Å². The highest BCUT2D eigenvalue weighted by atomic mass is 16.3. The molecule has 0 aliphatic carbocycles. The van der Waals surface area contributed by atoms with Crippen molar-refractivity contribution < 1.29 is 9.90 Å². The monoisotopic (exact) mass is 247 g/mol. The molecule has 0 fully saturated rings. The number of aliphatic imine (C=N–C) groups is 1. The zero-order valence-electron chi connectivity index (χ0n) is 10.6. The van der Waals surface area contributed by atoms with E-state index < -0.39 is 5.54 Å². The van der Waals surface area contributed by atoms with Crippen molar-refractivity contribution >= 4 is 11.9 Å². The Morgan fingerprint density at radius 3 is 2.72 bits per heavy atom. The number of phenolic OH excluding ortho intramolecular Hbond substituents is 1. The first-order chi connectivity index (χ1) is 8.41. The number of guanidine groups is 1. The first-order valence-corrected chi connectivity index (χ1v) is 5.85. The van der Waals surface area contributed by atoms with Gasteiger partial charge in [0.05, 0.1) is 0 Å². The molecule has 0 saturated carbocycles. The Balaban J connectivity index is 2.07. The molecule has 1 heterocycles. The standard InChI is InChI=1S/C13H17N3O2/c1-13(2)11(18)15-12(14)16(13)7-6-9-4-3-5-10(17)8-9/h3-5,8,17H,6-7H2,1-2H3,(H2,14,15,18). The quantitative estimate of drug-likeness (QED) is 0.830. The lowest BCUT2D eigenvalue weighted by Gasteiger charge is -2.31. The molecule has 96 valence electrons. The highest BCUT2D eigenvalue weighted by Gasteiger charge is 2.41. The fourth-order valence-electron chi connectivity index (χ4n) is 2.05. The van der Waals surface area contributed by atoms with Crippen molar-refractivity contribution in [1.82, 2.24) is 4.90 Å². The van der Waals surface area contributed by atoms with Crippen LogP contribution in [0.25, 0.3) is 0 Å². The molecule has 0 atom stereocenters. The summed E-state index contributed by atoms with van der Waals surface area (Å²) in [6, 6.07) is 7.06. The van der Waals surface area contributed by atoms with Crippen LogP contribution < -0.4 is 5.73 Å². The number of carbonyl (C=O) groups is 1. The van der Waals surface area contributed by atoms with E-state index in [2.05, 4.69) is 4.99 Å². The molecule has 1 amide bonds. The average molecular weight is 247 g/mol. The normalized spacial score (nSPS) is 18.0. The topological polar surface area (TPSA) is 78.9 Å². The lowest BCUT2D eigenvalue weighted by atomic mass is 10.0. The molecular weight excluding hydrogens is 230 g/mol. The predicted octanol–water partition coefficient (Wildman–Crippen LogP) is 0.870. The van der Waals surface area contributed by atoms with Crippen molar-refractivity contribution in [3.05, 3.63) is 29.8 Å². The summed E-state index contributed by atoms with van der Waals surface area (Å²) in [5, 5.41) is 9.39. The fraction of sp³-hybridized carbons (Fsp3) is 0.385. The lowest BCUT2D eigenvalue weighted by Crippen LogP contribution is -2.49. The number of aromatic hydroxyl groups is 1. The maximum atomic E-state index is 11.6. The molecule has 0 aromatic heterocycles. The van der Waals surface area contributed by atoms with Crippen LogP contribution in [0.15, 0.2) is 29.3 Å². The third kappa shape index (κ3) is 2.16. The van der Waals surface area contributed by atoms with Crippen LogP contribution in [-0.4, -0.2) is 34.0 Å². The van der Waals surface area contributed by atoms with Crippen molar-refractivity contribution in [3.63, 3.8) is 0 Å². The lowest BCUT2D eigenvalue weighted by molar-refractivity contribution is -0.124. The Hall–Kier alpha value is -2.04. The molecule has 0 saturated heterocycles. The van der Waals surface area contributed by atoms with E-state index in [0.717, 1.165) is 5.56 Å². The van der Waals surface area contributed by atoms with E-state index in [0.29, 0.717) is 13.0 Å². The van der Waals surface area contributed by atoms with Crippen molar-refractivity contribution in [1.29, 1.82) is 0 Å². The summed E-state index contributed by atoms with van der Waals surface area (Å²) in [5.74, 6) is 0.298. The van der Waals surface area contributed by atoms with Gasteiger partial charge in [0.2, 0.25) is 0 Å². The van der Waals surface area contributed by atoms with Crippen molar-refractivity contribution in [2.24, 2.45) is 10.7 Å². The minimum atomic E-state index is -0.680. The third-order valence-electron chi connectivity index (χ3n) is 3.23. The Labute approximate surface area is 106 Å². The highest BCUT2D eigenvalue weighted by Crippen LogP contribution is 2.22. The Morgan fingerprint density at radius 2 is 2.17 bits per heavy atom. The Bertz CT molecular complexity index is 509. The molecule has 2 rings (SSSR count). The third-order valence-corrected chi connectivity index (χ3v) is 3.23. The number of carbonyl (C=O) groups excluding carboxylic acids is 1. The molecule has 1 aliphatic heterocycles. The molecule has 3 N–H and O–H groups in total. The summed E-state index contributed by atoms with van der Waals surface area (Å²) in [7, 11) is 0. The molecule has 0 radical (unpaired) electrons. The van der Waals surface area contributed by atoms with Crippen LogP contribution in [0.5, 0.6) is 5.75 Å². The van der Waals surface area contributed by atoms with Gasteiger partial charge in [0, 0.05) is 6.54 Å². The SMILES string of the molecule is CC1(C)C(=O)N=C(N)N1CCc1cccc(O)c1. The number of phenols is 1. The molecule has 1 aromatic carbocycles. The van der Waals surface area contributed by atoms with Gasteiger partial charge in [0.15, 0.2) is 5.96 Å². The molecule has 0 bridgehead atoms. The molecule has 1 aliphatic rings. The number of rotatable bonds is 3. The van der Waals surface area contributed by atoms with Gasteiger partial charge in [-0.05, 0) is 38.0 Å². The number of amides is 1. The van der Waals surface area contributed by atoms with Crippen molar-refractivity contribution in [3.8, 4) is 5.75 Å². The van der Waals surface area contributed by atoms with Crippen LogP contribution in [-0.2, 0) is 11.2 Å². The molecule has 0 spiro atoms. The van der Waals surface area contributed by atoms with Gasteiger partial charge in [-0.3, -0.25) is 4.79 Å². The Morgan fingerprint density at radius 1 is 1.44 bits per heavy atom. The van der Waals surface area contributed by atoms with Gasteiger partial charge < -0.3 is 15.7 Å². The van der Waals surface area contributed by atoms with Gasteiger partial charge >= 0.3 is 0 Å². The summed E-state index contributed by atoms with van der Waals surface area (Å²) in [4.78, 5) is 17.2. The summed E-state index contributed by atoms with van der Waals surface area (Å²) in [5.41, 5.74) is 6.06. The van der Waals surface area contributed by atoms with E-state index in [4.69, 9.17) is 5.73 Å². The van der Waals surface area contributed by atoms with Gasteiger partial charge in [0.1, 0.15) is 11.3 Å². The summed E-state index contributed by atoms with van der Waals surface area (Å²) in [6.07, 6.45) is 0.696. The van der Waals surface area contributed by atoms with E-state index in [9.17, 15) is 9.90 Å². The second-order valence-corrected chi connectivity index (χ2v) is 4.91. The average Bonchev–Trinajstić information content (AvgIpc) is 2.46. The maximum absolute atomic E-state index is 11.6. The van der Waals surface area contributed by atoms with Crippen LogP contribution >= 0.6 is 0 Å². The summed E-state index contributed by atoms with van der Waals surface area (Å²) >= 11 is 0. The van der Waals surface area contributed by atoms with E-state index in [-0.39, 0.29) is 17.6 Å². The van der Waals surface area contributed by atoms with Gasteiger partial charge in [-0.25, -0.2) is 0 Å². The fourth-order valence-corrected chi connectivity index (χ4v) is 2.05. The molecular formula is C13H17N3O2. The molecule has 1 aromatic rings. The second kappa shape index (κ2) is 4.33. The maximum Gasteiger partial charge on any atom is 0.274 e. The largest absolute Gasteiger partial charge is 0.508 e. The summed E-state index contributed by atoms with van der Waals surface area (Å²) in [6.45, 7) is 4.21. The molecule has 18 heavy (non-hydrogen) atoms. The van der Waals surface area contributed by atoms with Crippen LogP contribution in [0, 0.1) is 0 Å². The van der Waals surface area contributed by atoms with Crippen molar-refractivity contribution in [2.45, 2.75) is 25.8 Å². The van der Waals surface area contributed by atoms with Gasteiger partial charge in [0.25, 0.3) is 5.91 Å². The smallest absolute Gasteiger partial charge is 0.274 e. The van der Waals surface area contributed by atoms with E-state index in [1.807, 2.05) is 6.07 Å². The minimum Gasteiger partial charge on any atom is -0.508 e.